The quantitative estimate of drug-likeness (QED) is 0.505. The third-order valence-electron chi connectivity index (χ3n) is 2.79. The molecule has 5 nitrogen and oxygen atoms in total. The van der Waals surface area contributed by atoms with Gasteiger partial charge in [0.15, 0.2) is 0 Å². The predicted octanol–water partition coefficient (Wildman–Crippen LogP) is 1.50. The van der Waals surface area contributed by atoms with Crippen LogP contribution in [0.1, 0.15) is 46.0 Å². The van der Waals surface area contributed by atoms with Crippen molar-refractivity contribution in [2.24, 2.45) is 0 Å². The lowest BCUT2D eigenvalue weighted by atomic mass is 10.2. The van der Waals surface area contributed by atoms with Gasteiger partial charge in [-0.05, 0) is 38.8 Å². The fourth-order valence-corrected chi connectivity index (χ4v) is 3.28. The molecule has 1 unspecified atom stereocenters. The first-order valence-corrected chi connectivity index (χ1v) is 8.90. The zero-order valence-corrected chi connectivity index (χ0v) is 13.4. The van der Waals surface area contributed by atoms with Crippen molar-refractivity contribution in [2.75, 3.05) is 32.6 Å². The fourth-order valence-electron chi connectivity index (χ4n) is 1.88. The SMILES string of the molecule is CCCNCCCCS(=O)(=O)NC(CCC)COC. The van der Waals surface area contributed by atoms with Crippen molar-refractivity contribution < 1.29 is 13.2 Å². The van der Waals surface area contributed by atoms with Crippen molar-refractivity contribution in [3.8, 4) is 0 Å². The van der Waals surface area contributed by atoms with Gasteiger partial charge in [0, 0.05) is 13.2 Å². The van der Waals surface area contributed by atoms with E-state index in [2.05, 4.69) is 17.0 Å². The number of hydrogen-bond acceptors (Lipinski definition) is 4. The van der Waals surface area contributed by atoms with Gasteiger partial charge in [-0.25, -0.2) is 13.1 Å². The molecule has 0 saturated heterocycles. The number of ether oxygens (including phenoxy) is 1. The lowest BCUT2D eigenvalue weighted by Crippen LogP contribution is -2.39. The Morgan fingerprint density at radius 2 is 1.84 bits per heavy atom. The first-order chi connectivity index (χ1) is 9.05. The molecule has 19 heavy (non-hydrogen) atoms. The van der Waals surface area contributed by atoms with E-state index >= 15 is 0 Å². The minimum Gasteiger partial charge on any atom is -0.383 e. The summed E-state index contributed by atoms with van der Waals surface area (Å²) in [7, 11) is -1.58. The first kappa shape index (κ1) is 18.8. The molecule has 0 radical (unpaired) electrons. The maximum Gasteiger partial charge on any atom is 0.211 e. The van der Waals surface area contributed by atoms with Gasteiger partial charge in [0.2, 0.25) is 10.0 Å². The van der Waals surface area contributed by atoms with Crippen LogP contribution in [-0.4, -0.2) is 47.0 Å². The molecule has 0 saturated carbocycles. The molecule has 0 rings (SSSR count). The molecule has 0 amide bonds. The van der Waals surface area contributed by atoms with Crippen LogP contribution in [0, 0.1) is 0 Å². The number of methoxy groups -OCH3 is 1. The van der Waals surface area contributed by atoms with E-state index in [1.807, 2.05) is 6.92 Å². The Balaban J connectivity index is 3.88. The van der Waals surface area contributed by atoms with Crippen molar-refractivity contribution in [2.45, 2.75) is 52.0 Å². The molecule has 0 fully saturated rings. The van der Waals surface area contributed by atoms with Gasteiger partial charge >= 0.3 is 0 Å². The molecule has 0 bridgehead atoms. The zero-order valence-electron chi connectivity index (χ0n) is 12.6. The molecule has 0 aromatic heterocycles. The smallest absolute Gasteiger partial charge is 0.211 e. The number of hydrogen-bond donors (Lipinski definition) is 2. The number of sulfonamides is 1. The van der Waals surface area contributed by atoms with Crippen molar-refractivity contribution in [3.63, 3.8) is 0 Å². The summed E-state index contributed by atoms with van der Waals surface area (Å²) >= 11 is 0. The van der Waals surface area contributed by atoms with Crippen LogP contribution in [0.4, 0.5) is 0 Å². The standard InChI is InChI=1S/C13H30N2O3S/c1-4-8-13(12-18-3)15-19(16,17)11-7-6-10-14-9-5-2/h13-15H,4-12H2,1-3H3. The topological polar surface area (TPSA) is 67.4 Å². The van der Waals surface area contributed by atoms with Crippen molar-refractivity contribution in [3.05, 3.63) is 0 Å². The first-order valence-electron chi connectivity index (χ1n) is 7.25. The normalized spacial score (nSPS) is 13.6. The molecule has 0 heterocycles. The van der Waals surface area contributed by atoms with E-state index in [-0.39, 0.29) is 11.8 Å². The van der Waals surface area contributed by atoms with Crippen LogP contribution in [0.5, 0.6) is 0 Å². The Morgan fingerprint density at radius 1 is 1.11 bits per heavy atom. The monoisotopic (exact) mass is 294 g/mol. The van der Waals surface area contributed by atoms with Crippen molar-refractivity contribution >= 4 is 10.0 Å². The second kappa shape index (κ2) is 11.6. The van der Waals surface area contributed by atoms with Crippen LogP contribution < -0.4 is 10.0 Å². The van der Waals surface area contributed by atoms with Crippen LogP contribution in [0.3, 0.4) is 0 Å². The highest BCUT2D eigenvalue weighted by molar-refractivity contribution is 7.89. The Labute approximate surface area is 118 Å². The summed E-state index contributed by atoms with van der Waals surface area (Å²) in [6.45, 7) is 6.48. The summed E-state index contributed by atoms with van der Waals surface area (Å²) in [5.41, 5.74) is 0. The van der Waals surface area contributed by atoms with E-state index in [4.69, 9.17) is 4.74 Å². The second-order valence-corrected chi connectivity index (χ2v) is 6.71. The van der Waals surface area contributed by atoms with E-state index < -0.39 is 10.0 Å². The molecule has 0 aromatic carbocycles. The minimum absolute atomic E-state index is 0.0989. The number of nitrogens with one attached hydrogen (secondary N) is 2. The molecular weight excluding hydrogens is 264 g/mol. The lowest BCUT2D eigenvalue weighted by molar-refractivity contribution is 0.171. The summed E-state index contributed by atoms with van der Waals surface area (Å²) in [6.07, 6.45) is 4.44. The lowest BCUT2D eigenvalue weighted by Gasteiger charge is -2.17. The van der Waals surface area contributed by atoms with Gasteiger partial charge in [0.05, 0.1) is 12.4 Å². The highest BCUT2D eigenvalue weighted by atomic mass is 32.2. The highest BCUT2D eigenvalue weighted by Gasteiger charge is 2.16. The molecular formula is C13H30N2O3S. The van der Waals surface area contributed by atoms with E-state index in [0.717, 1.165) is 38.8 Å². The van der Waals surface area contributed by atoms with E-state index in [1.165, 1.54) is 0 Å². The van der Waals surface area contributed by atoms with Gasteiger partial charge in [-0.3, -0.25) is 0 Å². The average molecular weight is 294 g/mol. The molecule has 0 aliphatic carbocycles. The third-order valence-corrected chi connectivity index (χ3v) is 4.31. The summed E-state index contributed by atoms with van der Waals surface area (Å²) in [5.74, 6) is 0.199. The minimum atomic E-state index is -3.18. The Morgan fingerprint density at radius 3 is 2.42 bits per heavy atom. The van der Waals surface area contributed by atoms with Crippen LogP contribution in [-0.2, 0) is 14.8 Å². The largest absolute Gasteiger partial charge is 0.383 e. The fraction of sp³-hybridized carbons (Fsp3) is 1.00. The summed E-state index contributed by atoms with van der Waals surface area (Å²) in [4.78, 5) is 0. The van der Waals surface area contributed by atoms with Gasteiger partial charge in [-0.2, -0.15) is 0 Å². The Kier molecular flexibility index (Phi) is 11.5. The van der Waals surface area contributed by atoms with Gasteiger partial charge in [0.1, 0.15) is 0 Å². The summed E-state index contributed by atoms with van der Waals surface area (Å²) in [5, 5.41) is 3.27. The van der Waals surface area contributed by atoms with Crippen LogP contribution >= 0.6 is 0 Å². The maximum absolute atomic E-state index is 11.9. The molecule has 0 aliphatic rings. The second-order valence-electron chi connectivity index (χ2n) is 4.83. The van der Waals surface area contributed by atoms with Gasteiger partial charge in [0.25, 0.3) is 0 Å². The van der Waals surface area contributed by atoms with Crippen LogP contribution in [0.15, 0.2) is 0 Å². The summed E-state index contributed by atoms with van der Waals surface area (Å²) < 4.78 is 31.5. The van der Waals surface area contributed by atoms with Gasteiger partial charge < -0.3 is 10.1 Å². The van der Waals surface area contributed by atoms with Crippen molar-refractivity contribution in [1.82, 2.24) is 10.0 Å². The number of unbranched alkanes of at least 4 members (excludes halogenated alkanes) is 1. The molecule has 0 aliphatic heterocycles. The van der Waals surface area contributed by atoms with Crippen LogP contribution in [0.2, 0.25) is 0 Å². The number of rotatable bonds is 13. The molecule has 0 aromatic rings. The van der Waals surface area contributed by atoms with E-state index in [0.29, 0.717) is 13.0 Å². The molecule has 2 N–H and O–H groups in total. The molecule has 1 atom stereocenters. The van der Waals surface area contributed by atoms with Gasteiger partial charge in [-0.15, -0.1) is 0 Å². The van der Waals surface area contributed by atoms with E-state index in [1.54, 1.807) is 7.11 Å². The maximum atomic E-state index is 11.9. The van der Waals surface area contributed by atoms with Crippen LogP contribution in [0.25, 0.3) is 0 Å². The molecule has 116 valence electrons. The summed E-state index contributed by atoms with van der Waals surface area (Å²) in [6, 6.07) is -0.0989. The molecule has 0 spiro atoms. The zero-order chi connectivity index (χ0) is 14.6. The Hall–Kier alpha value is -0.170. The third kappa shape index (κ3) is 11.4. The molecule has 6 heteroatoms. The van der Waals surface area contributed by atoms with Crippen molar-refractivity contribution in [1.29, 1.82) is 0 Å². The average Bonchev–Trinajstić information content (AvgIpc) is 2.34. The Bertz CT molecular complexity index is 288. The van der Waals surface area contributed by atoms with E-state index in [9.17, 15) is 8.42 Å². The van der Waals surface area contributed by atoms with Gasteiger partial charge in [-0.1, -0.05) is 20.3 Å². The highest BCUT2D eigenvalue weighted by Crippen LogP contribution is 2.02. The predicted molar refractivity (Wildman–Crippen MR) is 79.9 cm³/mol.